The number of carboxylic acid groups (broad SMARTS) is 2. The SMILES string of the molecule is C/C=S(\C)N1c2c(C)c(CC(=O)O)c(-c3ccc(OC[C@H]4c5ccccc5-c5c(C)c(-c6ccc(C)cc6)c(CC(=O)O)c(C)c5N4S(C)(=O)=O)cc3)c(C)c2-c2ccccc2[C@H]1Cc1ccccc1. The third kappa shape index (κ3) is 8.59. The minimum atomic E-state index is -3.98. The topological polar surface area (TPSA) is 124 Å². The lowest BCUT2D eigenvalue weighted by molar-refractivity contribution is -0.137. The summed E-state index contributed by atoms with van der Waals surface area (Å²) in [5.74, 6) is -1.42. The molecule has 2 heterocycles. The van der Waals surface area contributed by atoms with E-state index < -0.39 is 28.0 Å². The Kier molecular flexibility index (Phi) is 13.1. The van der Waals surface area contributed by atoms with E-state index in [2.05, 4.69) is 85.2 Å². The average molecular weight is 971 g/mol. The molecule has 0 aliphatic carbocycles. The molecule has 0 saturated heterocycles. The predicted octanol–water partition coefficient (Wildman–Crippen LogP) is 12.8. The summed E-state index contributed by atoms with van der Waals surface area (Å²) < 4.78 is 38.9. The zero-order chi connectivity index (χ0) is 49.8. The molecule has 2 N–H and O–H groups in total. The quantitative estimate of drug-likeness (QED) is 0.110. The van der Waals surface area contributed by atoms with Crippen LogP contribution in [0, 0.1) is 34.6 Å². The van der Waals surface area contributed by atoms with Gasteiger partial charge in [-0.25, -0.2) is 8.42 Å². The Morgan fingerprint density at radius 1 is 0.614 bits per heavy atom. The second kappa shape index (κ2) is 19.1. The molecule has 0 aromatic heterocycles. The molecular formula is C59H58N2O7S2. The van der Waals surface area contributed by atoms with Gasteiger partial charge in [0.05, 0.1) is 36.5 Å². The molecule has 0 fully saturated rings. The van der Waals surface area contributed by atoms with E-state index in [-0.39, 0.29) is 36.2 Å². The van der Waals surface area contributed by atoms with Crippen molar-refractivity contribution in [2.45, 2.75) is 72.9 Å². The first-order chi connectivity index (χ1) is 33.5. The number of fused-ring (bicyclic) bond motifs is 6. The highest BCUT2D eigenvalue weighted by Gasteiger charge is 2.41. The van der Waals surface area contributed by atoms with Crippen molar-refractivity contribution in [2.75, 3.05) is 27.7 Å². The molecule has 1 unspecified atom stereocenters. The van der Waals surface area contributed by atoms with Gasteiger partial charge >= 0.3 is 11.9 Å². The minimum Gasteiger partial charge on any atom is -0.491 e. The van der Waals surface area contributed by atoms with Gasteiger partial charge < -0.3 is 19.3 Å². The number of ether oxygens (including phenoxy) is 1. The summed E-state index contributed by atoms with van der Waals surface area (Å²) >= 11 is 0. The summed E-state index contributed by atoms with van der Waals surface area (Å²) in [5.41, 5.74) is 17.7. The van der Waals surface area contributed by atoms with E-state index in [0.717, 1.165) is 90.0 Å². The Morgan fingerprint density at radius 2 is 1.09 bits per heavy atom. The van der Waals surface area contributed by atoms with Crippen molar-refractivity contribution < 1.29 is 33.0 Å². The van der Waals surface area contributed by atoms with E-state index in [0.29, 0.717) is 22.6 Å². The van der Waals surface area contributed by atoms with E-state index in [1.54, 1.807) is 0 Å². The molecule has 0 amide bonds. The number of carbonyl (C=O) groups is 2. The molecule has 3 atom stereocenters. The van der Waals surface area contributed by atoms with Crippen molar-refractivity contribution in [3.8, 4) is 50.3 Å². The first-order valence-electron chi connectivity index (χ1n) is 23.5. The fourth-order valence-electron chi connectivity index (χ4n) is 11.1. The molecule has 2 aliphatic rings. The fraction of sp³-hybridized carbons (Fsp3) is 0.237. The monoisotopic (exact) mass is 970 g/mol. The molecule has 358 valence electrons. The van der Waals surface area contributed by atoms with Crippen molar-refractivity contribution in [3.05, 3.63) is 183 Å². The summed E-state index contributed by atoms with van der Waals surface area (Å²) in [7, 11) is -4.28. The smallest absolute Gasteiger partial charge is 0.307 e. The molecule has 70 heavy (non-hydrogen) atoms. The van der Waals surface area contributed by atoms with Gasteiger partial charge in [0.15, 0.2) is 0 Å². The molecular weight excluding hydrogens is 913 g/mol. The summed E-state index contributed by atoms with van der Waals surface area (Å²) in [6.45, 7) is 12.0. The van der Waals surface area contributed by atoms with Crippen LogP contribution >= 0.6 is 10.7 Å². The second-order valence-electron chi connectivity index (χ2n) is 18.5. The van der Waals surface area contributed by atoms with E-state index in [9.17, 15) is 28.2 Å². The summed E-state index contributed by atoms with van der Waals surface area (Å²) in [6, 6.07) is 41.7. The van der Waals surface area contributed by atoms with Gasteiger partial charge in [-0.1, -0.05) is 121 Å². The number of aliphatic carboxylic acids is 2. The number of hydrogen-bond donors (Lipinski definition) is 2. The van der Waals surface area contributed by atoms with Gasteiger partial charge in [-0.15, -0.1) is 10.7 Å². The molecule has 0 saturated carbocycles. The summed E-state index contributed by atoms with van der Waals surface area (Å²) in [5, 5.41) is 22.9. The Morgan fingerprint density at radius 3 is 1.60 bits per heavy atom. The predicted molar refractivity (Wildman–Crippen MR) is 287 cm³/mol. The molecule has 7 aromatic carbocycles. The zero-order valence-electron chi connectivity index (χ0n) is 40.8. The zero-order valence-corrected chi connectivity index (χ0v) is 42.5. The normalized spacial score (nSPS) is 15.4. The number of carboxylic acids is 2. The van der Waals surface area contributed by atoms with E-state index in [1.165, 1.54) is 21.7 Å². The van der Waals surface area contributed by atoms with Crippen LogP contribution in [-0.2, 0) is 38.9 Å². The van der Waals surface area contributed by atoms with Crippen molar-refractivity contribution in [3.63, 3.8) is 0 Å². The third-order valence-electron chi connectivity index (χ3n) is 14.2. The molecule has 2 aliphatic heterocycles. The van der Waals surface area contributed by atoms with Crippen LogP contribution in [0.25, 0.3) is 44.5 Å². The number of nitrogens with zero attached hydrogens (tertiary/aromatic N) is 2. The molecule has 9 rings (SSSR count). The Hall–Kier alpha value is -6.95. The Labute approximate surface area is 414 Å². The van der Waals surface area contributed by atoms with Crippen molar-refractivity contribution in [1.29, 1.82) is 0 Å². The van der Waals surface area contributed by atoms with Crippen molar-refractivity contribution >= 4 is 49.4 Å². The number of anilines is 2. The highest BCUT2D eigenvalue weighted by Crippen LogP contribution is 2.56. The number of rotatable bonds is 13. The fourth-order valence-corrected chi connectivity index (χ4v) is 13.6. The van der Waals surface area contributed by atoms with Crippen LogP contribution in [0.1, 0.15) is 74.6 Å². The Balaban J connectivity index is 1.13. The summed E-state index contributed by atoms with van der Waals surface area (Å²) in [4.78, 5) is 25.3. The van der Waals surface area contributed by atoms with Crippen LogP contribution < -0.4 is 13.3 Å². The van der Waals surface area contributed by atoms with Crippen LogP contribution in [0.4, 0.5) is 11.4 Å². The number of benzene rings is 7. The lowest BCUT2D eigenvalue weighted by Gasteiger charge is -2.43. The van der Waals surface area contributed by atoms with Gasteiger partial charge in [0.1, 0.15) is 18.4 Å². The van der Waals surface area contributed by atoms with Gasteiger partial charge in [0.25, 0.3) is 0 Å². The highest BCUT2D eigenvalue weighted by molar-refractivity contribution is 8.15. The maximum absolute atomic E-state index is 14.2. The van der Waals surface area contributed by atoms with Crippen LogP contribution in [0.2, 0.25) is 0 Å². The summed E-state index contributed by atoms with van der Waals surface area (Å²) in [6.07, 6.45) is 3.76. The lowest BCUT2D eigenvalue weighted by atomic mass is 9.78. The van der Waals surface area contributed by atoms with Gasteiger partial charge in [-0.2, -0.15) is 0 Å². The molecule has 7 aromatic rings. The van der Waals surface area contributed by atoms with Crippen LogP contribution in [0.15, 0.2) is 127 Å². The first-order valence-corrected chi connectivity index (χ1v) is 27.0. The number of aryl methyl sites for hydroxylation is 1. The van der Waals surface area contributed by atoms with Gasteiger partial charge in [0.2, 0.25) is 10.0 Å². The standard InChI is InChI=1S/C59H58N2O7S2/c1-9-69(7)60-50(31-40-17-11-10-12-18-40)44-19-13-15-21-46(44)56-38(5)54(48(32-52(62)63)36(3)58(56)60)42-27-29-43(30-28-42)68-34-51-45-20-14-16-22-47(45)57-39(6)55(41-25-23-35(2)24-26-41)49(33-53(64)65)37(4)59(57)61(51)70(8,66)67/h9-30,50-51H,31-34H2,1-8H3,(H,62,63)(H,64,65)/t50-,51+,69?/m1/s1. The first kappa shape index (κ1) is 48.1. The van der Waals surface area contributed by atoms with Crippen LogP contribution in [-0.4, -0.2) is 55.1 Å². The maximum atomic E-state index is 14.2. The molecule has 0 spiro atoms. The maximum Gasteiger partial charge on any atom is 0.307 e. The van der Waals surface area contributed by atoms with Crippen molar-refractivity contribution in [1.82, 2.24) is 0 Å². The molecule has 9 nitrogen and oxygen atoms in total. The van der Waals surface area contributed by atoms with Crippen molar-refractivity contribution in [2.24, 2.45) is 0 Å². The molecule has 0 radical (unpaired) electrons. The van der Waals surface area contributed by atoms with Gasteiger partial charge in [-0.05, 0) is 155 Å². The van der Waals surface area contributed by atoms with Crippen LogP contribution in [0.3, 0.4) is 0 Å². The number of hydrogen-bond acceptors (Lipinski definition) is 6. The van der Waals surface area contributed by atoms with E-state index in [4.69, 9.17) is 4.74 Å². The lowest BCUT2D eigenvalue weighted by Crippen LogP contribution is -2.40. The number of sulfonamides is 1. The third-order valence-corrected chi connectivity index (χ3v) is 17.1. The second-order valence-corrected chi connectivity index (χ2v) is 22.3. The Bertz CT molecular complexity index is 3370. The van der Waals surface area contributed by atoms with E-state index in [1.807, 2.05) is 99.6 Å². The largest absolute Gasteiger partial charge is 0.491 e. The molecule has 11 heteroatoms. The highest BCUT2D eigenvalue weighted by atomic mass is 32.2. The van der Waals surface area contributed by atoms with Gasteiger partial charge in [0, 0.05) is 11.1 Å². The average Bonchev–Trinajstić information content (AvgIpc) is 3.33. The molecule has 0 bridgehead atoms. The van der Waals surface area contributed by atoms with Crippen LogP contribution in [0.5, 0.6) is 5.75 Å². The minimum absolute atomic E-state index is 0.0211. The van der Waals surface area contributed by atoms with Gasteiger partial charge in [-0.3, -0.25) is 13.9 Å². The van der Waals surface area contributed by atoms with E-state index >= 15 is 0 Å².